The van der Waals surface area contributed by atoms with Gasteiger partial charge >= 0.3 is 0 Å². The highest BCUT2D eigenvalue weighted by Gasteiger charge is 2.14. The Bertz CT molecular complexity index is 456. The zero-order valence-electron chi connectivity index (χ0n) is 10.8. The van der Waals surface area contributed by atoms with Crippen molar-refractivity contribution in [3.8, 4) is 0 Å². The van der Waals surface area contributed by atoms with Crippen molar-refractivity contribution >= 4 is 21.6 Å². The molecule has 0 fully saturated rings. The highest BCUT2D eigenvalue weighted by Crippen LogP contribution is 2.12. The predicted octanol–water partition coefficient (Wildman–Crippen LogP) is 2.79. The number of halogens is 1. The lowest BCUT2D eigenvalue weighted by molar-refractivity contribution is 0.562. The van der Waals surface area contributed by atoms with Crippen molar-refractivity contribution in [3.63, 3.8) is 0 Å². The van der Waals surface area contributed by atoms with Crippen LogP contribution in [0.1, 0.15) is 25.8 Å². The number of hydrogen-bond acceptors (Lipinski definition) is 2. The molecule has 1 aromatic rings. The molecule has 0 amide bonds. The summed E-state index contributed by atoms with van der Waals surface area (Å²) in [5.74, 6) is 0.568. The summed E-state index contributed by atoms with van der Waals surface area (Å²) < 4.78 is 26.5. The van der Waals surface area contributed by atoms with Crippen molar-refractivity contribution in [1.82, 2.24) is 4.72 Å². The first kappa shape index (κ1) is 15.5. The molecule has 0 aromatic heterocycles. The molecule has 1 rings (SSSR count). The van der Waals surface area contributed by atoms with Crippen molar-refractivity contribution in [1.29, 1.82) is 0 Å². The first-order valence-electron chi connectivity index (χ1n) is 6.14. The quantitative estimate of drug-likeness (QED) is 0.785. The zero-order chi connectivity index (χ0) is 13.6. The van der Waals surface area contributed by atoms with Crippen LogP contribution in [0.3, 0.4) is 0 Å². The van der Waals surface area contributed by atoms with E-state index in [0.717, 1.165) is 18.4 Å². The van der Waals surface area contributed by atoms with E-state index >= 15 is 0 Å². The molecule has 3 nitrogen and oxygen atoms in total. The van der Waals surface area contributed by atoms with Gasteiger partial charge < -0.3 is 0 Å². The molecule has 18 heavy (non-hydrogen) atoms. The van der Waals surface area contributed by atoms with Gasteiger partial charge in [0, 0.05) is 12.4 Å². The first-order valence-corrected chi connectivity index (χ1v) is 8.16. The molecule has 0 spiro atoms. The lowest BCUT2D eigenvalue weighted by Gasteiger charge is -2.10. The third-order valence-electron chi connectivity index (χ3n) is 2.66. The second-order valence-electron chi connectivity index (χ2n) is 4.51. The summed E-state index contributed by atoms with van der Waals surface area (Å²) in [6, 6.07) is 7.03. The Hall–Kier alpha value is -0.580. The van der Waals surface area contributed by atoms with Crippen molar-refractivity contribution in [2.75, 3.05) is 12.4 Å². The molecule has 0 aliphatic rings. The van der Waals surface area contributed by atoms with E-state index in [1.807, 2.05) is 19.1 Å². The van der Waals surface area contributed by atoms with Crippen molar-refractivity contribution < 1.29 is 8.42 Å². The van der Waals surface area contributed by atoms with Gasteiger partial charge in [-0.05, 0) is 30.0 Å². The van der Waals surface area contributed by atoms with E-state index in [1.165, 1.54) is 0 Å². The summed E-state index contributed by atoms with van der Waals surface area (Å²) in [7, 11) is -3.41. The lowest BCUT2D eigenvalue weighted by Crippen LogP contribution is -2.29. The topological polar surface area (TPSA) is 46.2 Å². The Morgan fingerprint density at radius 2 is 1.89 bits per heavy atom. The Labute approximate surface area is 115 Å². The molecular formula is C13H20ClNO2S. The number of hydrogen-bond donors (Lipinski definition) is 1. The van der Waals surface area contributed by atoms with E-state index in [2.05, 4.69) is 11.6 Å². The average Bonchev–Trinajstić information content (AvgIpc) is 2.37. The molecule has 1 N–H and O–H groups in total. The molecule has 1 unspecified atom stereocenters. The molecule has 0 heterocycles. The number of aryl methyl sites for hydroxylation is 1. The maximum Gasteiger partial charge on any atom is 0.240 e. The third-order valence-corrected chi connectivity index (χ3v) is 4.62. The molecule has 5 heteroatoms. The van der Waals surface area contributed by atoms with Crippen LogP contribution in [-0.2, 0) is 16.4 Å². The van der Waals surface area contributed by atoms with E-state index < -0.39 is 10.0 Å². The van der Waals surface area contributed by atoms with Gasteiger partial charge in [-0.1, -0.05) is 32.4 Å². The molecule has 0 aliphatic carbocycles. The van der Waals surface area contributed by atoms with E-state index in [-0.39, 0.29) is 5.92 Å². The second kappa shape index (κ2) is 7.12. The minimum atomic E-state index is -3.41. The SMILES string of the molecule is CCCc1ccc(S(=O)(=O)NCC(C)CCl)cc1. The average molecular weight is 290 g/mol. The van der Waals surface area contributed by atoms with Gasteiger partial charge in [-0.2, -0.15) is 0 Å². The molecule has 1 aromatic carbocycles. The monoisotopic (exact) mass is 289 g/mol. The lowest BCUT2D eigenvalue weighted by atomic mass is 10.1. The maximum absolute atomic E-state index is 12.0. The van der Waals surface area contributed by atoms with Crippen LogP contribution < -0.4 is 4.72 Å². The smallest absolute Gasteiger partial charge is 0.211 e. The number of nitrogens with one attached hydrogen (secondary N) is 1. The van der Waals surface area contributed by atoms with E-state index in [4.69, 9.17) is 11.6 Å². The van der Waals surface area contributed by atoms with Gasteiger partial charge in [0.25, 0.3) is 0 Å². The van der Waals surface area contributed by atoms with Crippen LogP contribution in [0.2, 0.25) is 0 Å². The van der Waals surface area contributed by atoms with Crippen molar-refractivity contribution in [2.45, 2.75) is 31.6 Å². The third kappa shape index (κ3) is 4.59. The van der Waals surface area contributed by atoms with Gasteiger partial charge in [-0.15, -0.1) is 11.6 Å². The van der Waals surface area contributed by atoms with Crippen molar-refractivity contribution in [3.05, 3.63) is 29.8 Å². The van der Waals surface area contributed by atoms with Gasteiger partial charge in [-0.3, -0.25) is 0 Å². The minimum absolute atomic E-state index is 0.126. The summed E-state index contributed by atoms with van der Waals surface area (Å²) in [5.41, 5.74) is 1.16. The number of rotatable bonds is 7. The Balaban J connectivity index is 2.72. The largest absolute Gasteiger partial charge is 0.240 e. The molecule has 0 saturated carbocycles. The standard InChI is InChI=1S/C13H20ClNO2S/c1-3-4-12-5-7-13(8-6-12)18(16,17)15-10-11(2)9-14/h5-8,11,15H,3-4,9-10H2,1-2H3. The summed E-state index contributed by atoms with van der Waals surface area (Å²) in [6.45, 7) is 4.36. The Morgan fingerprint density at radius 3 is 2.39 bits per heavy atom. The van der Waals surface area contributed by atoms with Gasteiger partial charge in [0.2, 0.25) is 10.0 Å². The van der Waals surface area contributed by atoms with Crippen LogP contribution in [0, 0.1) is 5.92 Å². The molecule has 1 atom stereocenters. The minimum Gasteiger partial charge on any atom is -0.211 e. The Morgan fingerprint density at radius 1 is 1.28 bits per heavy atom. The van der Waals surface area contributed by atoms with Gasteiger partial charge in [0.1, 0.15) is 0 Å². The van der Waals surface area contributed by atoms with Gasteiger partial charge in [0.05, 0.1) is 4.90 Å². The summed E-state index contributed by atoms with van der Waals surface area (Å²) in [5, 5.41) is 0. The van der Waals surface area contributed by atoms with Crippen LogP contribution in [0.4, 0.5) is 0 Å². The van der Waals surface area contributed by atoms with E-state index in [1.54, 1.807) is 12.1 Å². The summed E-state index contributed by atoms with van der Waals surface area (Å²) in [6.07, 6.45) is 2.02. The van der Waals surface area contributed by atoms with Crippen LogP contribution in [0.15, 0.2) is 29.2 Å². The number of benzene rings is 1. The number of sulfonamides is 1. The van der Waals surface area contributed by atoms with Crippen LogP contribution in [0.25, 0.3) is 0 Å². The predicted molar refractivity (Wildman–Crippen MR) is 75.5 cm³/mol. The molecule has 0 bridgehead atoms. The zero-order valence-corrected chi connectivity index (χ0v) is 12.4. The van der Waals surface area contributed by atoms with Crippen molar-refractivity contribution in [2.24, 2.45) is 5.92 Å². The first-order chi connectivity index (χ1) is 8.49. The van der Waals surface area contributed by atoms with Gasteiger partial charge in [0.15, 0.2) is 0 Å². The number of alkyl halides is 1. The molecule has 102 valence electrons. The normalized spacial score (nSPS) is 13.5. The highest BCUT2D eigenvalue weighted by molar-refractivity contribution is 7.89. The molecule has 0 saturated heterocycles. The fourth-order valence-corrected chi connectivity index (χ4v) is 2.79. The summed E-state index contributed by atoms with van der Waals surface area (Å²) in [4.78, 5) is 0.309. The maximum atomic E-state index is 12.0. The van der Waals surface area contributed by atoms with Gasteiger partial charge in [-0.25, -0.2) is 13.1 Å². The van der Waals surface area contributed by atoms with E-state index in [9.17, 15) is 8.42 Å². The Kier molecular flexibility index (Phi) is 6.12. The van der Waals surface area contributed by atoms with Crippen LogP contribution >= 0.6 is 11.6 Å². The second-order valence-corrected chi connectivity index (χ2v) is 6.58. The highest BCUT2D eigenvalue weighted by atomic mass is 35.5. The molecular weight excluding hydrogens is 270 g/mol. The molecule has 0 aliphatic heterocycles. The van der Waals surface area contributed by atoms with E-state index in [0.29, 0.717) is 17.3 Å². The van der Waals surface area contributed by atoms with Crippen LogP contribution in [0.5, 0.6) is 0 Å². The van der Waals surface area contributed by atoms with Crippen LogP contribution in [-0.4, -0.2) is 20.8 Å². The summed E-state index contributed by atoms with van der Waals surface area (Å²) >= 11 is 5.65. The fourth-order valence-electron chi connectivity index (χ4n) is 1.51. The fraction of sp³-hybridized carbons (Fsp3) is 0.538. The molecule has 0 radical (unpaired) electrons.